The number of ether oxygens (including phenoxy) is 1. The van der Waals surface area contributed by atoms with Gasteiger partial charge in [0.05, 0.1) is 13.2 Å². The number of rotatable bonds is 0. The van der Waals surface area contributed by atoms with Crippen LogP contribution in [0, 0.1) is 5.92 Å². The van der Waals surface area contributed by atoms with Gasteiger partial charge in [0.1, 0.15) is 0 Å². The minimum Gasteiger partial charge on any atom is -0.377 e. The molecule has 0 amide bonds. The average molecular weight is 132 g/mol. The Morgan fingerprint density at radius 1 is 1.62 bits per heavy atom. The summed E-state index contributed by atoms with van der Waals surface area (Å²) >= 11 is 0. The van der Waals surface area contributed by atoms with Crippen molar-refractivity contribution in [1.82, 2.24) is 0 Å². The largest absolute Gasteiger partial charge is 0.377 e. The van der Waals surface area contributed by atoms with Crippen molar-refractivity contribution >= 4 is 13.5 Å². The molecule has 0 saturated carbocycles. The zero-order valence-corrected chi connectivity index (χ0v) is 6.05. The number of hydrogen-bond donors (Lipinski definition) is 0. The molecule has 0 aromatic carbocycles. The van der Waals surface area contributed by atoms with Crippen LogP contribution in [0.1, 0.15) is 6.92 Å². The van der Waals surface area contributed by atoms with Crippen molar-refractivity contribution in [2.75, 3.05) is 13.2 Å². The first-order valence-corrected chi connectivity index (χ1v) is 2.64. The number of hydrogen-bond acceptors (Lipinski definition) is 1. The van der Waals surface area contributed by atoms with Gasteiger partial charge in [0.2, 0.25) is 0 Å². The van der Waals surface area contributed by atoms with Crippen molar-refractivity contribution in [2.45, 2.75) is 6.92 Å². The summed E-state index contributed by atoms with van der Waals surface area (Å²) in [6, 6.07) is 0. The highest BCUT2D eigenvalue weighted by molar-refractivity contribution is 7.59. The molecular weight excluding hydrogens is 120 g/mol. The Morgan fingerprint density at radius 2 is 2.38 bits per heavy atom. The molecule has 0 spiro atoms. The van der Waals surface area contributed by atoms with Crippen molar-refractivity contribution in [3.63, 3.8) is 0 Å². The average Bonchev–Trinajstić information content (AvgIpc) is 1.69. The monoisotopic (exact) mass is 132 g/mol. The molecule has 1 nitrogen and oxygen atoms in total. The van der Waals surface area contributed by atoms with E-state index in [1.165, 1.54) is 0 Å². The van der Waals surface area contributed by atoms with Gasteiger partial charge in [0, 0.05) is 0 Å². The highest BCUT2D eigenvalue weighted by Gasteiger charge is 1.98. The van der Waals surface area contributed by atoms with Gasteiger partial charge in [-0.2, -0.15) is 13.5 Å². The molecule has 2 heteroatoms. The third kappa shape index (κ3) is 2.38. The lowest BCUT2D eigenvalue weighted by Gasteiger charge is -2.10. The molecule has 48 valence electrons. The SMILES string of the molecule is C[C@H]1C=CCOC1.S. The van der Waals surface area contributed by atoms with E-state index in [4.69, 9.17) is 4.74 Å². The second kappa shape index (κ2) is 3.98. The van der Waals surface area contributed by atoms with Crippen LogP contribution < -0.4 is 0 Å². The summed E-state index contributed by atoms with van der Waals surface area (Å²) in [5.74, 6) is 0.633. The van der Waals surface area contributed by atoms with Gasteiger partial charge in [0.15, 0.2) is 0 Å². The second-order valence-electron chi connectivity index (χ2n) is 1.94. The Hall–Kier alpha value is 0.0500. The van der Waals surface area contributed by atoms with Gasteiger partial charge in [-0.05, 0) is 5.92 Å². The van der Waals surface area contributed by atoms with E-state index in [0.717, 1.165) is 13.2 Å². The molecular formula is C6H12OS. The summed E-state index contributed by atoms with van der Waals surface area (Å²) in [4.78, 5) is 0. The maximum absolute atomic E-state index is 5.09. The Bertz CT molecular complexity index is 80.6. The van der Waals surface area contributed by atoms with E-state index >= 15 is 0 Å². The Morgan fingerprint density at radius 3 is 2.62 bits per heavy atom. The minimum absolute atomic E-state index is 0. The van der Waals surface area contributed by atoms with Gasteiger partial charge in [-0.15, -0.1) is 0 Å². The lowest BCUT2D eigenvalue weighted by molar-refractivity contribution is 0.131. The van der Waals surface area contributed by atoms with E-state index in [-0.39, 0.29) is 13.5 Å². The highest BCUT2D eigenvalue weighted by Crippen LogP contribution is 2.02. The molecule has 1 atom stereocenters. The van der Waals surface area contributed by atoms with E-state index < -0.39 is 0 Å². The van der Waals surface area contributed by atoms with Gasteiger partial charge in [-0.3, -0.25) is 0 Å². The van der Waals surface area contributed by atoms with E-state index in [0.29, 0.717) is 5.92 Å². The molecule has 1 aliphatic rings. The maximum atomic E-state index is 5.09. The lowest BCUT2D eigenvalue weighted by Crippen LogP contribution is -2.07. The summed E-state index contributed by atoms with van der Waals surface area (Å²) in [7, 11) is 0. The summed E-state index contributed by atoms with van der Waals surface area (Å²) in [5, 5.41) is 0. The van der Waals surface area contributed by atoms with Crippen LogP contribution in [-0.2, 0) is 4.74 Å². The van der Waals surface area contributed by atoms with E-state index in [1.54, 1.807) is 0 Å². The first-order valence-electron chi connectivity index (χ1n) is 2.64. The van der Waals surface area contributed by atoms with Gasteiger partial charge in [-0.25, -0.2) is 0 Å². The fourth-order valence-corrected chi connectivity index (χ4v) is 0.665. The smallest absolute Gasteiger partial charge is 0.0647 e. The van der Waals surface area contributed by atoms with Gasteiger partial charge in [0.25, 0.3) is 0 Å². The first-order chi connectivity index (χ1) is 3.39. The van der Waals surface area contributed by atoms with Gasteiger partial charge >= 0.3 is 0 Å². The molecule has 0 unspecified atom stereocenters. The molecule has 0 saturated heterocycles. The predicted octanol–water partition coefficient (Wildman–Crippen LogP) is 1.32. The minimum atomic E-state index is 0. The van der Waals surface area contributed by atoms with Crippen LogP contribution in [-0.4, -0.2) is 13.2 Å². The summed E-state index contributed by atoms with van der Waals surface area (Å²) in [6.45, 7) is 3.86. The quantitative estimate of drug-likeness (QED) is 0.452. The van der Waals surface area contributed by atoms with Crippen molar-refractivity contribution in [2.24, 2.45) is 5.92 Å². The fourth-order valence-electron chi connectivity index (χ4n) is 0.665. The van der Waals surface area contributed by atoms with Gasteiger partial charge < -0.3 is 4.74 Å². The van der Waals surface area contributed by atoms with E-state index in [1.807, 2.05) is 0 Å². The molecule has 0 aliphatic carbocycles. The third-order valence-electron chi connectivity index (χ3n) is 1.06. The fraction of sp³-hybridized carbons (Fsp3) is 0.667. The predicted molar refractivity (Wildman–Crippen MR) is 39.5 cm³/mol. The van der Waals surface area contributed by atoms with E-state index in [9.17, 15) is 0 Å². The van der Waals surface area contributed by atoms with Crippen molar-refractivity contribution in [3.05, 3.63) is 12.2 Å². The molecule has 0 bridgehead atoms. The zero-order valence-electron chi connectivity index (χ0n) is 5.05. The highest BCUT2D eigenvalue weighted by atomic mass is 32.1. The molecule has 1 aliphatic heterocycles. The van der Waals surface area contributed by atoms with Crippen molar-refractivity contribution < 1.29 is 4.74 Å². The summed E-state index contributed by atoms with van der Waals surface area (Å²) < 4.78 is 5.09. The molecule has 0 N–H and O–H groups in total. The van der Waals surface area contributed by atoms with Crippen molar-refractivity contribution in [3.8, 4) is 0 Å². The third-order valence-corrected chi connectivity index (χ3v) is 1.06. The molecule has 1 rings (SSSR count). The molecule has 0 aromatic heterocycles. The van der Waals surface area contributed by atoms with Gasteiger partial charge in [-0.1, -0.05) is 19.1 Å². The van der Waals surface area contributed by atoms with Crippen LogP contribution in [0.2, 0.25) is 0 Å². The molecule has 1 heterocycles. The maximum Gasteiger partial charge on any atom is 0.0647 e. The van der Waals surface area contributed by atoms with Crippen molar-refractivity contribution in [1.29, 1.82) is 0 Å². The standard InChI is InChI=1S/C6H10O.H2S/c1-6-3-2-4-7-5-6;/h2-3,6H,4-5H2,1H3;1H2/t6-;/m0./s1. The van der Waals surface area contributed by atoms with Crippen LogP contribution in [0.3, 0.4) is 0 Å². The normalized spacial score (nSPS) is 26.9. The van der Waals surface area contributed by atoms with Crippen LogP contribution >= 0.6 is 13.5 Å². The Kier molecular flexibility index (Phi) is 4.01. The first kappa shape index (κ1) is 8.05. The molecule has 0 fully saturated rings. The lowest BCUT2D eigenvalue weighted by atomic mass is 10.1. The zero-order chi connectivity index (χ0) is 5.11. The van der Waals surface area contributed by atoms with E-state index in [2.05, 4.69) is 19.1 Å². The van der Waals surface area contributed by atoms with Crippen LogP contribution in [0.4, 0.5) is 0 Å². The topological polar surface area (TPSA) is 9.23 Å². The molecule has 8 heavy (non-hydrogen) atoms. The second-order valence-corrected chi connectivity index (χ2v) is 1.94. The molecule has 0 radical (unpaired) electrons. The Balaban J connectivity index is 0.000000490. The Labute approximate surface area is 57.2 Å². The van der Waals surface area contributed by atoms with Crippen LogP contribution in [0.15, 0.2) is 12.2 Å². The summed E-state index contributed by atoms with van der Waals surface area (Å²) in [6.07, 6.45) is 4.25. The van der Waals surface area contributed by atoms with Crippen LogP contribution in [0.25, 0.3) is 0 Å². The summed E-state index contributed by atoms with van der Waals surface area (Å²) in [5.41, 5.74) is 0. The molecule has 0 aromatic rings. The van der Waals surface area contributed by atoms with Crippen LogP contribution in [0.5, 0.6) is 0 Å².